The first-order chi connectivity index (χ1) is 7.15. The van der Waals surface area contributed by atoms with Gasteiger partial charge in [0.2, 0.25) is 0 Å². The van der Waals surface area contributed by atoms with Gasteiger partial charge < -0.3 is 15.7 Å². The van der Waals surface area contributed by atoms with Crippen LogP contribution in [0.25, 0.3) is 0 Å². The zero-order chi connectivity index (χ0) is 11.9. The summed E-state index contributed by atoms with van der Waals surface area (Å²) in [6.45, 7) is 3.48. The van der Waals surface area contributed by atoms with Crippen LogP contribution in [-0.2, 0) is 4.79 Å². The van der Waals surface area contributed by atoms with Crippen molar-refractivity contribution in [3.63, 3.8) is 0 Å². The average Bonchev–Trinajstić information content (AvgIpc) is 2.22. The van der Waals surface area contributed by atoms with Gasteiger partial charge in [-0.15, -0.1) is 0 Å². The molecule has 0 atom stereocenters. The van der Waals surface area contributed by atoms with Crippen molar-refractivity contribution in [2.75, 3.05) is 6.61 Å². The lowest BCUT2D eigenvalue weighted by atomic mass is 10.4. The Balaban J connectivity index is -0.000000158. The molecule has 4 N–H and O–H groups in total. The van der Waals surface area contributed by atoms with E-state index in [1.54, 1.807) is 12.4 Å². The van der Waals surface area contributed by atoms with Crippen molar-refractivity contribution in [2.24, 2.45) is 0 Å². The molecule has 0 spiro atoms. The molecule has 0 radical (unpaired) electrons. The minimum Gasteiger partial charge on any atom is -0.481 e. The lowest BCUT2D eigenvalue weighted by Crippen LogP contribution is -1.78. The largest absolute Gasteiger partial charge is 0.481 e. The molecule has 0 saturated heterocycles. The van der Waals surface area contributed by atoms with E-state index < -0.39 is 5.97 Å². The molecule has 5 heteroatoms. The van der Waals surface area contributed by atoms with Gasteiger partial charge in [0.1, 0.15) is 0 Å². The standard InChI is InChI=1S/C5H5N.C4H10O.C2H4O2.H2O/c1-2-4-6-5-3-1;1-2-3-4-5;1-2(3)4;/h1-5H;5H,2-4H2,1H3;1H3,(H,3,4);1H2. The Hall–Kier alpha value is -1.46. The van der Waals surface area contributed by atoms with Crippen molar-refractivity contribution in [3.8, 4) is 0 Å². The number of carbonyl (C=O) groups is 1. The van der Waals surface area contributed by atoms with Crippen LogP contribution in [0.2, 0.25) is 0 Å². The fourth-order valence-corrected chi connectivity index (χ4v) is 0.471. The van der Waals surface area contributed by atoms with Crippen molar-refractivity contribution in [3.05, 3.63) is 30.6 Å². The number of carboxylic acid groups (broad SMARTS) is 1. The highest BCUT2D eigenvalue weighted by molar-refractivity contribution is 5.62. The first kappa shape index (κ1) is 20.0. The second kappa shape index (κ2) is 19.2. The highest BCUT2D eigenvalue weighted by Crippen LogP contribution is 1.78. The normalized spacial score (nSPS) is 7.19. The molecule has 94 valence electrons. The molecule has 0 bridgehead atoms. The Morgan fingerprint density at radius 2 is 1.69 bits per heavy atom. The Morgan fingerprint density at radius 1 is 1.25 bits per heavy atom. The maximum absolute atomic E-state index is 9.00. The number of unbranched alkanes of at least 4 members (excludes halogenated alkanes) is 1. The summed E-state index contributed by atoms with van der Waals surface area (Å²) in [4.78, 5) is 12.8. The summed E-state index contributed by atoms with van der Waals surface area (Å²) >= 11 is 0. The molecule has 0 aliphatic rings. The number of hydrogen-bond donors (Lipinski definition) is 2. The van der Waals surface area contributed by atoms with Crippen molar-refractivity contribution >= 4 is 5.97 Å². The maximum Gasteiger partial charge on any atom is 0.300 e. The summed E-state index contributed by atoms with van der Waals surface area (Å²) in [5, 5.41) is 15.5. The Kier molecular flexibility index (Phi) is 24.0. The summed E-state index contributed by atoms with van der Waals surface area (Å²) in [5.74, 6) is -0.833. The van der Waals surface area contributed by atoms with Crippen molar-refractivity contribution in [2.45, 2.75) is 26.7 Å². The molecule has 0 saturated carbocycles. The number of aliphatic carboxylic acids is 1. The van der Waals surface area contributed by atoms with Crippen molar-refractivity contribution in [1.82, 2.24) is 4.98 Å². The van der Waals surface area contributed by atoms with Gasteiger partial charge in [0, 0.05) is 25.9 Å². The first-order valence-corrected chi connectivity index (χ1v) is 4.80. The summed E-state index contributed by atoms with van der Waals surface area (Å²) in [6.07, 6.45) is 5.54. The van der Waals surface area contributed by atoms with E-state index in [9.17, 15) is 0 Å². The van der Waals surface area contributed by atoms with Crippen LogP contribution >= 0.6 is 0 Å². The summed E-state index contributed by atoms with van der Waals surface area (Å²) < 4.78 is 0. The van der Waals surface area contributed by atoms with Gasteiger partial charge >= 0.3 is 0 Å². The molecule has 1 aromatic rings. The molecule has 0 fully saturated rings. The fourth-order valence-electron chi connectivity index (χ4n) is 0.471. The van der Waals surface area contributed by atoms with Crippen LogP contribution in [0.5, 0.6) is 0 Å². The molecule has 0 unspecified atom stereocenters. The van der Waals surface area contributed by atoms with Gasteiger partial charge in [-0.25, -0.2) is 0 Å². The van der Waals surface area contributed by atoms with Gasteiger partial charge in [-0.2, -0.15) is 0 Å². The Morgan fingerprint density at radius 3 is 1.75 bits per heavy atom. The van der Waals surface area contributed by atoms with E-state index in [1.807, 2.05) is 18.2 Å². The van der Waals surface area contributed by atoms with Crippen LogP contribution in [0.1, 0.15) is 26.7 Å². The highest BCUT2D eigenvalue weighted by atomic mass is 16.4. The molecule has 0 amide bonds. The van der Waals surface area contributed by atoms with E-state index in [4.69, 9.17) is 15.0 Å². The average molecular weight is 231 g/mol. The number of aromatic nitrogens is 1. The summed E-state index contributed by atoms with van der Waals surface area (Å²) in [5.41, 5.74) is 0. The number of carboxylic acids is 1. The molecule has 1 rings (SSSR count). The Labute approximate surface area is 96.1 Å². The van der Waals surface area contributed by atoms with E-state index in [1.165, 1.54) is 0 Å². The van der Waals surface area contributed by atoms with Gasteiger partial charge in [-0.1, -0.05) is 19.4 Å². The van der Waals surface area contributed by atoms with E-state index in [2.05, 4.69) is 11.9 Å². The molecule has 1 heterocycles. The molecule has 16 heavy (non-hydrogen) atoms. The zero-order valence-electron chi connectivity index (χ0n) is 9.76. The number of hydrogen-bond acceptors (Lipinski definition) is 3. The van der Waals surface area contributed by atoms with Crippen LogP contribution in [0, 0.1) is 0 Å². The third kappa shape index (κ3) is 39.0. The predicted octanol–water partition coefficient (Wildman–Crippen LogP) is 1.13. The van der Waals surface area contributed by atoms with Gasteiger partial charge in [0.25, 0.3) is 5.97 Å². The molecular formula is C11H21NO4. The van der Waals surface area contributed by atoms with Crippen LogP contribution in [-0.4, -0.2) is 33.2 Å². The topological polar surface area (TPSA) is 102 Å². The van der Waals surface area contributed by atoms with Crippen LogP contribution in [0.15, 0.2) is 30.6 Å². The first-order valence-electron chi connectivity index (χ1n) is 4.80. The van der Waals surface area contributed by atoms with E-state index >= 15 is 0 Å². The summed E-state index contributed by atoms with van der Waals surface area (Å²) in [6, 6.07) is 5.72. The highest BCUT2D eigenvalue weighted by Gasteiger charge is 1.69. The summed E-state index contributed by atoms with van der Waals surface area (Å²) in [7, 11) is 0. The number of aliphatic hydroxyl groups is 1. The van der Waals surface area contributed by atoms with Gasteiger partial charge in [0.05, 0.1) is 0 Å². The lowest BCUT2D eigenvalue weighted by Gasteiger charge is -1.79. The quantitative estimate of drug-likeness (QED) is 0.796. The van der Waals surface area contributed by atoms with Crippen LogP contribution in [0.3, 0.4) is 0 Å². The predicted molar refractivity (Wildman–Crippen MR) is 63.2 cm³/mol. The Bertz CT molecular complexity index is 184. The van der Waals surface area contributed by atoms with Gasteiger partial charge in [0.15, 0.2) is 0 Å². The van der Waals surface area contributed by atoms with E-state index in [0.717, 1.165) is 19.8 Å². The van der Waals surface area contributed by atoms with Gasteiger partial charge in [-0.05, 0) is 18.6 Å². The number of nitrogens with zero attached hydrogens (tertiary/aromatic N) is 1. The molecule has 5 nitrogen and oxygen atoms in total. The van der Waals surface area contributed by atoms with Crippen molar-refractivity contribution in [1.29, 1.82) is 0 Å². The fraction of sp³-hybridized carbons (Fsp3) is 0.455. The minimum atomic E-state index is -0.833. The zero-order valence-corrected chi connectivity index (χ0v) is 9.76. The van der Waals surface area contributed by atoms with Crippen molar-refractivity contribution < 1.29 is 20.5 Å². The number of aliphatic hydroxyl groups excluding tert-OH is 1. The molecule has 0 aliphatic heterocycles. The molecule has 0 aliphatic carbocycles. The third-order valence-electron chi connectivity index (χ3n) is 1.08. The molecular weight excluding hydrogens is 210 g/mol. The molecule has 0 aromatic carbocycles. The van der Waals surface area contributed by atoms with Crippen LogP contribution < -0.4 is 0 Å². The second-order valence-corrected chi connectivity index (χ2v) is 2.62. The third-order valence-corrected chi connectivity index (χ3v) is 1.08. The second-order valence-electron chi connectivity index (χ2n) is 2.62. The SMILES string of the molecule is CC(=O)O.CCCCO.O.c1ccncc1. The number of rotatable bonds is 2. The molecule has 1 aromatic heterocycles. The van der Waals surface area contributed by atoms with E-state index in [-0.39, 0.29) is 5.48 Å². The lowest BCUT2D eigenvalue weighted by molar-refractivity contribution is -0.134. The van der Waals surface area contributed by atoms with Gasteiger partial charge in [-0.3, -0.25) is 9.78 Å². The van der Waals surface area contributed by atoms with E-state index in [0.29, 0.717) is 6.61 Å². The monoisotopic (exact) mass is 231 g/mol. The smallest absolute Gasteiger partial charge is 0.300 e. The number of pyridine rings is 1. The van der Waals surface area contributed by atoms with Crippen LogP contribution in [0.4, 0.5) is 0 Å². The minimum absolute atomic E-state index is 0. The maximum atomic E-state index is 9.00.